The summed E-state index contributed by atoms with van der Waals surface area (Å²) in [6.07, 6.45) is 1.33. The molecule has 96 valence electrons. The second kappa shape index (κ2) is 4.72. The largest absolute Gasteiger partial charge is 0.381 e. The van der Waals surface area contributed by atoms with Crippen molar-refractivity contribution in [1.29, 1.82) is 0 Å². The molecule has 0 atom stereocenters. The Balaban J connectivity index is 2.55. The van der Waals surface area contributed by atoms with Crippen molar-refractivity contribution in [2.75, 3.05) is 5.73 Å². The second-order valence-electron chi connectivity index (χ2n) is 3.88. The van der Waals surface area contributed by atoms with Crippen molar-refractivity contribution in [1.82, 2.24) is 5.16 Å². The zero-order valence-corrected chi connectivity index (χ0v) is 9.64. The molecule has 1 aromatic carbocycles. The Kier molecular flexibility index (Phi) is 3.27. The van der Waals surface area contributed by atoms with Crippen molar-refractivity contribution in [3.8, 4) is 11.3 Å². The Labute approximate surface area is 101 Å². The fourth-order valence-corrected chi connectivity index (χ4v) is 1.73. The van der Waals surface area contributed by atoms with Crippen LogP contribution in [0.1, 0.15) is 18.9 Å². The smallest absolute Gasteiger partial charge is 0.194 e. The Bertz CT molecular complexity index is 558. The van der Waals surface area contributed by atoms with Crippen LogP contribution in [0.5, 0.6) is 0 Å². The van der Waals surface area contributed by atoms with Crippen LogP contribution in [-0.2, 0) is 6.42 Å². The van der Waals surface area contributed by atoms with Gasteiger partial charge in [-0.15, -0.1) is 0 Å². The molecule has 1 aromatic heterocycles. The summed E-state index contributed by atoms with van der Waals surface area (Å²) in [4.78, 5) is 0. The highest BCUT2D eigenvalue weighted by Gasteiger charge is 2.19. The number of halogens is 3. The number of nitrogens with two attached hydrogens (primary N) is 1. The third kappa shape index (κ3) is 2.05. The van der Waals surface area contributed by atoms with Gasteiger partial charge in [-0.2, -0.15) is 0 Å². The zero-order chi connectivity index (χ0) is 13.3. The van der Waals surface area contributed by atoms with Crippen LogP contribution in [0.25, 0.3) is 11.3 Å². The van der Waals surface area contributed by atoms with E-state index in [2.05, 4.69) is 5.16 Å². The van der Waals surface area contributed by atoms with Gasteiger partial charge in [-0.25, -0.2) is 13.2 Å². The number of anilines is 1. The van der Waals surface area contributed by atoms with E-state index in [1.54, 1.807) is 0 Å². The van der Waals surface area contributed by atoms with Gasteiger partial charge in [-0.3, -0.25) is 0 Å². The number of nitrogen functional groups attached to an aromatic ring is 1. The topological polar surface area (TPSA) is 52.0 Å². The number of hydrogen-bond donors (Lipinski definition) is 1. The summed E-state index contributed by atoms with van der Waals surface area (Å²) < 4.78 is 44.1. The lowest BCUT2D eigenvalue weighted by Crippen LogP contribution is -1.95. The van der Waals surface area contributed by atoms with Crippen LogP contribution in [-0.4, -0.2) is 5.16 Å². The quantitative estimate of drug-likeness (QED) is 0.857. The van der Waals surface area contributed by atoms with Gasteiger partial charge in [0.05, 0.1) is 0 Å². The molecule has 0 fully saturated rings. The van der Waals surface area contributed by atoms with E-state index >= 15 is 0 Å². The Morgan fingerprint density at radius 2 is 1.83 bits per heavy atom. The van der Waals surface area contributed by atoms with E-state index in [-0.39, 0.29) is 17.1 Å². The first-order valence-corrected chi connectivity index (χ1v) is 5.43. The van der Waals surface area contributed by atoms with Gasteiger partial charge < -0.3 is 10.3 Å². The van der Waals surface area contributed by atoms with Gasteiger partial charge >= 0.3 is 0 Å². The number of aromatic nitrogens is 1. The molecule has 0 unspecified atom stereocenters. The van der Waals surface area contributed by atoms with E-state index in [4.69, 9.17) is 10.3 Å². The van der Waals surface area contributed by atoms with E-state index in [1.807, 2.05) is 6.92 Å². The van der Waals surface area contributed by atoms with Crippen LogP contribution in [0.3, 0.4) is 0 Å². The van der Waals surface area contributed by atoms with Gasteiger partial charge in [0.2, 0.25) is 0 Å². The highest BCUT2D eigenvalue weighted by atomic mass is 19.2. The zero-order valence-electron chi connectivity index (χ0n) is 9.64. The first kappa shape index (κ1) is 12.5. The van der Waals surface area contributed by atoms with Crippen molar-refractivity contribution in [3.05, 3.63) is 35.1 Å². The number of nitrogens with zero attached hydrogens (tertiary/aromatic N) is 1. The molecule has 0 amide bonds. The van der Waals surface area contributed by atoms with Crippen LogP contribution in [0, 0.1) is 17.5 Å². The fourth-order valence-electron chi connectivity index (χ4n) is 1.73. The molecule has 2 N–H and O–H groups in total. The SMILES string of the molecule is CCCc1c(N)noc1-c1cc(F)c(F)c(F)c1. The molecule has 0 aliphatic rings. The number of hydrogen-bond acceptors (Lipinski definition) is 3. The average Bonchev–Trinajstić information content (AvgIpc) is 2.68. The highest BCUT2D eigenvalue weighted by Crippen LogP contribution is 2.30. The van der Waals surface area contributed by atoms with Crippen molar-refractivity contribution in [3.63, 3.8) is 0 Å². The van der Waals surface area contributed by atoms with Gasteiger partial charge in [0, 0.05) is 11.1 Å². The molecule has 3 nitrogen and oxygen atoms in total. The average molecular weight is 256 g/mol. The van der Waals surface area contributed by atoms with Gasteiger partial charge in [0.15, 0.2) is 29.0 Å². The molecule has 0 radical (unpaired) electrons. The van der Waals surface area contributed by atoms with Crippen LogP contribution in [0.4, 0.5) is 19.0 Å². The van der Waals surface area contributed by atoms with Gasteiger partial charge in [-0.1, -0.05) is 18.5 Å². The van der Waals surface area contributed by atoms with Gasteiger partial charge in [0.25, 0.3) is 0 Å². The molecule has 0 saturated heterocycles. The van der Waals surface area contributed by atoms with Crippen LogP contribution < -0.4 is 5.73 Å². The first-order valence-electron chi connectivity index (χ1n) is 5.43. The molecule has 0 saturated carbocycles. The third-order valence-electron chi connectivity index (χ3n) is 2.56. The Hall–Kier alpha value is -1.98. The molecule has 0 spiro atoms. The van der Waals surface area contributed by atoms with Gasteiger partial charge in [-0.05, 0) is 18.6 Å². The molecule has 0 aliphatic carbocycles. The maximum absolute atomic E-state index is 13.1. The molecule has 0 aliphatic heterocycles. The van der Waals surface area contributed by atoms with E-state index in [0.717, 1.165) is 18.6 Å². The third-order valence-corrected chi connectivity index (χ3v) is 2.56. The van der Waals surface area contributed by atoms with Crippen molar-refractivity contribution >= 4 is 5.82 Å². The minimum Gasteiger partial charge on any atom is -0.381 e. The van der Waals surface area contributed by atoms with Crippen LogP contribution in [0.2, 0.25) is 0 Å². The molecule has 2 aromatic rings. The van der Waals surface area contributed by atoms with Gasteiger partial charge in [0.1, 0.15) is 0 Å². The summed E-state index contributed by atoms with van der Waals surface area (Å²) >= 11 is 0. The predicted molar refractivity (Wildman–Crippen MR) is 60.2 cm³/mol. The van der Waals surface area contributed by atoms with E-state index in [9.17, 15) is 13.2 Å². The minimum atomic E-state index is -1.51. The lowest BCUT2D eigenvalue weighted by molar-refractivity contribution is 0.429. The van der Waals surface area contributed by atoms with Crippen molar-refractivity contribution in [2.45, 2.75) is 19.8 Å². The van der Waals surface area contributed by atoms with E-state index < -0.39 is 17.5 Å². The first-order chi connectivity index (χ1) is 8.54. The minimum absolute atomic E-state index is 0.0825. The maximum atomic E-state index is 13.1. The van der Waals surface area contributed by atoms with Crippen molar-refractivity contribution in [2.24, 2.45) is 0 Å². The summed E-state index contributed by atoms with van der Waals surface area (Å²) in [5.74, 6) is -3.71. The standard InChI is InChI=1S/C12H11F3N2O/c1-2-3-7-11(18-17-12(7)16)6-4-8(13)10(15)9(14)5-6/h4-5H,2-3H2,1H3,(H2,16,17). The monoisotopic (exact) mass is 256 g/mol. The summed E-state index contributed by atoms with van der Waals surface area (Å²) in [6, 6.07) is 1.72. The van der Waals surface area contributed by atoms with E-state index in [1.165, 1.54) is 0 Å². The lowest BCUT2D eigenvalue weighted by Gasteiger charge is -2.02. The normalized spacial score (nSPS) is 10.9. The molecule has 2 rings (SSSR count). The van der Waals surface area contributed by atoms with E-state index in [0.29, 0.717) is 12.0 Å². The lowest BCUT2D eigenvalue weighted by atomic mass is 10.0. The summed E-state index contributed by atoms with van der Waals surface area (Å²) in [7, 11) is 0. The molecule has 6 heteroatoms. The Morgan fingerprint density at radius 3 is 2.39 bits per heavy atom. The summed E-state index contributed by atoms with van der Waals surface area (Å²) in [5.41, 5.74) is 6.26. The van der Waals surface area contributed by atoms with Crippen LogP contribution in [0.15, 0.2) is 16.7 Å². The molecule has 18 heavy (non-hydrogen) atoms. The van der Waals surface area contributed by atoms with Crippen LogP contribution >= 0.6 is 0 Å². The van der Waals surface area contributed by atoms with Crippen molar-refractivity contribution < 1.29 is 17.7 Å². The predicted octanol–water partition coefficient (Wildman–Crippen LogP) is 3.29. The number of rotatable bonds is 3. The molecule has 0 bridgehead atoms. The fraction of sp³-hybridized carbons (Fsp3) is 0.250. The molecular weight excluding hydrogens is 245 g/mol. The second-order valence-corrected chi connectivity index (χ2v) is 3.88. The highest BCUT2D eigenvalue weighted by molar-refractivity contribution is 5.66. The summed E-state index contributed by atoms with van der Waals surface area (Å²) in [6.45, 7) is 1.92. The maximum Gasteiger partial charge on any atom is 0.194 e. The number of benzene rings is 1. The Morgan fingerprint density at radius 1 is 1.22 bits per heavy atom. The molecular formula is C12H11F3N2O. The summed E-state index contributed by atoms with van der Waals surface area (Å²) in [5, 5.41) is 3.56. The molecule has 1 heterocycles.